The van der Waals surface area contributed by atoms with Gasteiger partial charge in [0.1, 0.15) is 47.7 Å². The molecule has 20 nitrogen and oxygen atoms in total. The maximum atomic E-state index is 13.6. The summed E-state index contributed by atoms with van der Waals surface area (Å²) in [5, 5.41) is 11.6. The molecule has 0 amide bonds. The molecule has 47 heavy (non-hydrogen) atoms. The van der Waals surface area contributed by atoms with Gasteiger partial charge < -0.3 is 48.7 Å². The highest BCUT2D eigenvalue weighted by Crippen LogP contribution is 2.72. The van der Waals surface area contributed by atoms with Gasteiger partial charge in [0.2, 0.25) is 0 Å². The minimum absolute atomic E-state index is 0.0484. The Labute approximate surface area is 268 Å². The van der Waals surface area contributed by atoms with Crippen molar-refractivity contribution in [1.29, 1.82) is 0 Å². The highest BCUT2D eigenvalue weighted by Gasteiger charge is 2.74. The first-order chi connectivity index (χ1) is 22.3. The Balaban J connectivity index is 1.05. The SMILES string of the molecule is Cc1nc2c(ncn2[C@@H]2O[C@@]34CO[C@@H]2[C@@H]3OP(=O)(O)OC[C@@]23C[C@@H]2[C@@H](n2cnc5c(N)ncnc52)[C@H](O)[C@@H]3OP(O)(=S)OC4)c(=O)[nH]1. The van der Waals surface area contributed by atoms with Crippen molar-refractivity contribution in [3.05, 3.63) is 35.2 Å². The number of imidazole rings is 2. The van der Waals surface area contributed by atoms with Crippen LogP contribution in [0.4, 0.5) is 5.82 Å². The molecule has 0 radical (unpaired) electrons. The number of aliphatic hydroxyl groups is 1. The van der Waals surface area contributed by atoms with Crippen LogP contribution >= 0.6 is 14.5 Å². The highest BCUT2D eigenvalue weighted by atomic mass is 32.5. The lowest BCUT2D eigenvalue weighted by Crippen LogP contribution is -2.46. The van der Waals surface area contributed by atoms with Crippen molar-refractivity contribution < 1.29 is 47.0 Å². The third kappa shape index (κ3) is 4.40. The molecule has 3 aliphatic heterocycles. The number of anilines is 1. The number of aryl methyl sites for hydroxylation is 1. The lowest BCUT2D eigenvalue weighted by atomic mass is 10.0. The molecule has 250 valence electrons. The minimum Gasteiger partial charge on any atom is -0.388 e. The molecule has 5 aliphatic rings. The number of hydrogen-bond donors (Lipinski definition) is 5. The number of nitrogens with zero attached hydrogens (tertiary/aromatic N) is 7. The number of nitrogens with two attached hydrogens (primary N) is 1. The Kier molecular flexibility index (Phi) is 6.38. The molecule has 2 bridgehead atoms. The van der Waals surface area contributed by atoms with Gasteiger partial charge in [0.05, 0.1) is 38.5 Å². The van der Waals surface area contributed by atoms with Crippen molar-refractivity contribution in [2.75, 3.05) is 25.6 Å². The average Bonchev–Trinajstić information content (AvgIpc) is 3.43. The fraction of sp³-hybridized carbons (Fsp3) is 0.583. The zero-order valence-corrected chi connectivity index (χ0v) is 26.8. The van der Waals surface area contributed by atoms with E-state index < -0.39 is 81.0 Å². The second kappa shape index (κ2) is 9.90. The average molecular weight is 712 g/mol. The van der Waals surface area contributed by atoms with Gasteiger partial charge in [-0.1, -0.05) is 0 Å². The largest absolute Gasteiger partial charge is 0.472 e. The third-order valence-electron chi connectivity index (χ3n) is 9.79. The van der Waals surface area contributed by atoms with Crippen LogP contribution in [0.5, 0.6) is 0 Å². The van der Waals surface area contributed by atoms with Crippen LogP contribution in [0.2, 0.25) is 0 Å². The number of rotatable bonds is 2. The smallest absolute Gasteiger partial charge is 0.388 e. The number of H-pyrrole nitrogens is 1. The number of hydrogen-bond acceptors (Lipinski definition) is 16. The first-order valence-electron chi connectivity index (χ1n) is 14.5. The number of fused-ring (bicyclic) bond motifs is 2. The number of nitrogen functional groups attached to an aromatic ring is 1. The van der Waals surface area contributed by atoms with Gasteiger partial charge in [-0.15, -0.1) is 0 Å². The number of aromatic amines is 1. The summed E-state index contributed by atoms with van der Waals surface area (Å²) in [6, 6.07) is -0.692. The fourth-order valence-corrected chi connectivity index (χ4v) is 10.2. The van der Waals surface area contributed by atoms with E-state index in [0.717, 1.165) is 0 Å². The van der Waals surface area contributed by atoms with E-state index in [1.807, 2.05) is 0 Å². The van der Waals surface area contributed by atoms with E-state index in [0.29, 0.717) is 23.4 Å². The summed E-state index contributed by atoms with van der Waals surface area (Å²) in [4.78, 5) is 58.5. The highest BCUT2D eigenvalue weighted by molar-refractivity contribution is 8.07. The quantitative estimate of drug-likeness (QED) is 0.165. The summed E-state index contributed by atoms with van der Waals surface area (Å²) in [7, 11) is -4.84. The van der Waals surface area contributed by atoms with Gasteiger partial charge in [0.25, 0.3) is 5.56 Å². The molecule has 2 aliphatic carbocycles. The Morgan fingerprint density at radius 3 is 2.66 bits per heavy atom. The Bertz CT molecular complexity index is 2130. The lowest BCUT2D eigenvalue weighted by Gasteiger charge is -2.35. The summed E-state index contributed by atoms with van der Waals surface area (Å²) in [6.07, 6.45) is -1.31. The van der Waals surface area contributed by atoms with E-state index in [-0.39, 0.29) is 29.5 Å². The molecule has 23 heteroatoms. The summed E-state index contributed by atoms with van der Waals surface area (Å²) in [5.74, 6) is 0.118. The standard InChI is InChI=1S/C24H27N9O11P2S/c1-9-30-20-12(21(35)31-9)29-8-33(20)22-15-17-24(42-22,4-39-15)5-41-46(38,47)44-16-14(34)13(10-2-23(10,16)3-40-45(36,37)43-17)32-7-28-11-18(25)26-6-27-19(11)32/h6-8,10,13-17,22,34H,2-5H2,1H3,(H,36,37)(H,38,47)(H2,25,26,27)(H,30,31,35)/t10-,13-,14+,15-,16+,17+,22-,23+,24-,46?/m1/s1. The molecule has 4 aromatic rings. The van der Waals surface area contributed by atoms with E-state index in [1.54, 1.807) is 11.5 Å². The number of phosphoric ester groups is 1. The number of aliphatic hydroxyl groups excluding tert-OH is 1. The molecule has 11 atom stereocenters. The molecule has 3 saturated heterocycles. The van der Waals surface area contributed by atoms with Crippen molar-refractivity contribution in [3.63, 3.8) is 0 Å². The molecule has 2 saturated carbocycles. The van der Waals surface area contributed by atoms with E-state index in [9.17, 15) is 24.3 Å². The van der Waals surface area contributed by atoms with Crippen molar-refractivity contribution in [2.45, 2.75) is 55.6 Å². The topological polar surface area (TPSA) is 266 Å². The Hall–Kier alpha value is -2.78. The Morgan fingerprint density at radius 2 is 1.83 bits per heavy atom. The monoisotopic (exact) mass is 711 g/mol. The van der Waals surface area contributed by atoms with Crippen LogP contribution in [0.1, 0.15) is 24.5 Å². The van der Waals surface area contributed by atoms with Gasteiger partial charge in [-0.3, -0.25) is 18.4 Å². The van der Waals surface area contributed by atoms with Gasteiger partial charge in [0, 0.05) is 5.41 Å². The molecule has 2 unspecified atom stereocenters. The maximum Gasteiger partial charge on any atom is 0.472 e. The van der Waals surface area contributed by atoms with Crippen molar-refractivity contribution in [3.8, 4) is 0 Å². The van der Waals surface area contributed by atoms with Crippen LogP contribution in [-0.4, -0.2) is 104 Å². The van der Waals surface area contributed by atoms with Crippen LogP contribution in [0.15, 0.2) is 23.8 Å². The molecule has 1 spiro atoms. The van der Waals surface area contributed by atoms with Gasteiger partial charge in [0.15, 0.2) is 28.9 Å². The van der Waals surface area contributed by atoms with Crippen LogP contribution in [0.25, 0.3) is 22.3 Å². The van der Waals surface area contributed by atoms with Crippen molar-refractivity contribution >= 4 is 54.5 Å². The first kappa shape index (κ1) is 30.3. The normalized spacial score (nSPS) is 42.9. The maximum absolute atomic E-state index is 13.6. The second-order valence-electron chi connectivity index (χ2n) is 12.5. The summed E-state index contributed by atoms with van der Waals surface area (Å²) in [5.41, 5.74) is 3.82. The van der Waals surface area contributed by atoms with Crippen LogP contribution in [0, 0.1) is 18.3 Å². The van der Waals surface area contributed by atoms with Gasteiger partial charge >= 0.3 is 14.5 Å². The molecule has 7 heterocycles. The predicted molar refractivity (Wildman–Crippen MR) is 159 cm³/mol. The number of ether oxygens (including phenoxy) is 2. The zero-order chi connectivity index (χ0) is 32.7. The van der Waals surface area contributed by atoms with Crippen LogP contribution < -0.4 is 11.3 Å². The molecule has 5 fully saturated rings. The summed E-state index contributed by atoms with van der Waals surface area (Å²) >= 11 is 5.43. The van der Waals surface area contributed by atoms with E-state index in [1.165, 1.54) is 23.5 Å². The minimum atomic E-state index is -4.84. The lowest BCUT2D eigenvalue weighted by molar-refractivity contribution is -0.183. The van der Waals surface area contributed by atoms with Crippen LogP contribution in [-0.2, 0) is 43.9 Å². The molecule has 0 aromatic carbocycles. The van der Waals surface area contributed by atoms with E-state index in [2.05, 4.69) is 29.9 Å². The number of nitrogens with one attached hydrogen (secondary N) is 1. The Morgan fingerprint density at radius 1 is 1.04 bits per heavy atom. The van der Waals surface area contributed by atoms with E-state index in [4.69, 9.17) is 45.1 Å². The second-order valence-corrected chi connectivity index (χ2v) is 16.7. The van der Waals surface area contributed by atoms with Gasteiger partial charge in [-0.05, 0) is 31.1 Å². The zero-order valence-electron chi connectivity index (χ0n) is 24.2. The molecular formula is C24H27N9O11P2S. The van der Waals surface area contributed by atoms with Gasteiger partial charge in [-0.2, -0.15) is 0 Å². The first-order valence-corrected chi connectivity index (χ1v) is 18.6. The van der Waals surface area contributed by atoms with Crippen molar-refractivity contribution in [2.24, 2.45) is 11.3 Å². The van der Waals surface area contributed by atoms with Crippen molar-refractivity contribution in [1.82, 2.24) is 39.0 Å². The molecule has 6 N–H and O–H groups in total. The summed E-state index contributed by atoms with van der Waals surface area (Å²) < 4.78 is 52.2. The summed E-state index contributed by atoms with van der Waals surface area (Å²) in [6.45, 7) is -3.57. The van der Waals surface area contributed by atoms with Gasteiger partial charge in [-0.25, -0.2) is 29.5 Å². The third-order valence-corrected chi connectivity index (χ3v) is 12.3. The molecule has 9 rings (SSSR count). The molecule has 4 aromatic heterocycles. The van der Waals surface area contributed by atoms with E-state index >= 15 is 0 Å². The number of phosphoric acid groups is 1. The predicted octanol–water partition coefficient (Wildman–Crippen LogP) is -0.427. The fourth-order valence-electron chi connectivity index (χ4n) is 7.60. The van der Waals surface area contributed by atoms with Crippen LogP contribution in [0.3, 0.4) is 0 Å². The number of aromatic nitrogens is 8. The molecular weight excluding hydrogens is 684 g/mol.